The lowest BCUT2D eigenvalue weighted by Crippen LogP contribution is -2.20. The minimum Gasteiger partial charge on any atom is -0.452 e. The van der Waals surface area contributed by atoms with Crippen molar-refractivity contribution in [3.8, 4) is 0 Å². The molecule has 24 heavy (non-hydrogen) atoms. The number of aryl methyl sites for hydroxylation is 2. The van der Waals surface area contributed by atoms with Crippen LogP contribution in [0.3, 0.4) is 0 Å². The Bertz CT molecular complexity index is 764. The van der Waals surface area contributed by atoms with E-state index < -0.39 is 5.97 Å². The second-order valence-electron chi connectivity index (χ2n) is 5.42. The first-order chi connectivity index (χ1) is 11.4. The number of carbonyl (C=O) groups is 2. The van der Waals surface area contributed by atoms with Gasteiger partial charge in [-0.25, -0.2) is 4.79 Å². The molecule has 1 N–H and O–H groups in total. The van der Waals surface area contributed by atoms with E-state index >= 15 is 0 Å². The van der Waals surface area contributed by atoms with Crippen molar-refractivity contribution in [1.29, 1.82) is 0 Å². The van der Waals surface area contributed by atoms with Gasteiger partial charge in [0.05, 0.1) is 0 Å². The number of carbonyl (C=O) groups excluding carboxylic acids is 2. The third kappa shape index (κ3) is 5.89. The summed E-state index contributed by atoms with van der Waals surface area (Å²) in [5, 5.41) is 3.28. The fourth-order valence-corrected chi connectivity index (χ4v) is 2.40. The number of ether oxygens (including phenoxy) is 1. The van der Waals surface area contributed by atoms with Gasteiger partial charge in [0.1, 0.15) is 0 Å². The monoisotopic (exact) mass is 343 g/mol. The zero-order valence-electron chi connectivity index (χ0n) is 13.5. The molecule has 0 aliphatic rings. The van der Waals surface area contributed by atoms with Crippen molar-refractivity contribution in [2.75, 3.05) is 11.9 Å². The Hall–Kier alpha value is -2.59. The molecule has 0 saturated carbocycles. The number of hydrogen-bond acceptors (Lipinski definition) is 3. The van der Waals surface area contributed by atoms with E-state index in [9.17, 15) is 9.59 Å². The molecule has 0 atom stereocenters. The van der Waals surface area contributed by atoms with Gasteiger partial charge in [0.25, 0.3) is 5.91 Å². The fourth-order valence-electron chi connectivity index (χ4n) is 2.20. The summed E-state index contributed by atoms with van der Waals surface area (Å²) < 4.78 is 4.92. The Morgan fingerprint density at radius 1 is 1.12 bits per heavy atom. The van der Waals surface area contributed by atoms with Crippen LogP contribution in [-0.2, 0) is 14.3 Å². The van der Waals surface area contributed by atoms with Crippen LogP contribution in [0.2, 0.25) is 5.02 Å². The van der Waals surface area contributed by atoms with Crippen LogP contribution < -0.4 is 5.32 Å². The molecule has 0 heterocycles. The van der Waals surface area contributed by atoms with Crippen LogP contribution >= 0.6 is 11.6 Å². The van der Waals surface area contributed by atoms with E-state index in [1.807, 2.05) is 38.1 Å². The Morgan fingerprint density at radius 2 is 1.83 bits per heavy atom. The first-order valence-electron chi connectivity index (χ1n) is 7.41. The van der Waals surface area contributed by atoms with Gasteiger partial charge in [-0.05, 0) is 60.9 Å². The lowest BCUT2D eigenvalue weighted by molar-refractivity contribution is -0.142. The molecule has 2 rings (SSSR count). The zero-order chi connectivity index (χ0) is 17.5. The van der Waals surface area contributed by atoms with Crippen LogP contribution in [-0.4, -0.2) is 18.5 Å². The Labute approximate surface area is 146 Å². The minimum absolute atomic E-state index is 0.342. The summed E-state index contributed by atoms with van der Waals surface area (Å²) in [4.78, 5) is 23.5. The molecule has 0 unspecified atom stereocenters. The smallest absolute Gasteiger partial charge is 0.331 e. The van der Waals surface area contributed by atoms with Crippen LogP contribution in [0.15, 0.2) is 48.5 Å². The van der Waals surface area contributed by atoms with E-state index in [1.54, 1.807) is 24.3 Å². The van der Waals surface area contributed by atoms with E-state index in [0.717, 1.165) is 16.7 Å². The summed E-state index contributed by atoms with van der Waals surface area (Å²) in [6.45, 7) is 3.55. The molecule has 1 amide bonds. The van der Waals surface area contributed by atoms with Crippen molar-refractivity contribution in [1.82, 2.24) is 0 Å². The standard InChI is InChI=1S/C19H18ClNO3/c1-13-8-14(2)10-17(9-13)21-18(22)12-24-19(23)7-6-15-4-3-5-16(20)11-15/h3-11H,12H2,1-2H3,(H,21,22)/b7-6+. The maximum atomic E-state index is 11.8. The zero-order valence-corrected chi connectivity index (χ0v) is 14.3. The maximum Gasteiger partial charge on any atom is 0.331 e. The van der Waals surface area contributed by atoms with Gasteiger partial charge in [-0.1, -0.05) is 29.8 Å². The number of nitrogens with one attached hydrogen (secondary N) is 1. The van der Waals surface area contributed by atoms with E-state index in [0.29, 0.717) is 10.7 Å². The molecule has 0 aliphatic heterocycles. The quantitative estimate of drug-likeness (QED) is 0.655. The minimum atomic E-state index is -0.592. The number of anilines is 1. The van der Waals surface area contributed by atoms with E-state index in [2.05, 4.69) is 5.32 Å². The van der Waals surface area contributed by atoms with Crippen LogP contribution in [0.4, 0.5) is 5.69 Å². The van der Waals surface area contributed by atoms with Crippen LogP contribution in [0.5, 0.6) is 0 Å². The predicted octanol–water partition coefficient (Wildman–Crippen LogP) is 4.15. The molecule has 4 nitrogen and oxygen atoms in total. The third-order valence-electron chi connectivity index (χ3n) is 3.11. The predicted molar refractivity (Wildman–Crippen MR) is 96.0 cm³/mol. The van der Waals surface area contributed by atoms with Gasteiger partial charge >= 0.3 is 5.97 Å². The van der Waals surface area contributed by atoms with Crippen molar-refractivity contribution in [3.05, 3.63) is 70.3 Å². The molecule has 2 aromatic rings. The molecular formula is C19H18ClNO3. The van der Waals surface area contributed by atoms with E-state index in [4.69, 9.17) is 16.3 Å². The fraction of sp³-hybridized carbons (Fsp3) is 0.158. The summed E-state index contributed by atoms with van der Waals surface area (Å²) in [5.74, 6) is -0.977. The van der Waals surface area contributed by atoms with Crippen LogP contribution in [0.25, 0.3) is 6.08 Å². The Kier molecular flexibility index (Phi) is 6.15. The van der Waals surface area contributed by atoms with Crippen LogP contribution in [0, 0.1) is 13.8 Å². The second-order valence-corrected chi connectivity index (χ2v) is 5.86. The summed E-state index contributed by atoms with van der Waals surface area (Å²) in [6.07, 6.45) is 2.84. The number of amides is 1. The number of halogens is 1. The molecule has 0 bridgehead atoms. The molecule has 0 fully saturated rings. The highest BCUT2D eigenvalue weighted by Crippen LogP contribution is 2.14. The van der Waals surface area contributed by atoms with Crippen molar-refractivity contribution in [3.63, 3.8) is 0 Å². The van der Waals surface area contributed by atoms with Gasteiger partial charge in [-0.3, -0.25) is 4.79 Å². The number of rotatable bonds is 5. The normalized spacial score (nSPS) is 10.6. The average Bonchev–Trinajstić information content (AvgIpc) is 2.50. The molecule has 0 saturated heterocycles. The van der Waals surface area contributed by atoms with Crippen molar-refractivity contribution in [2.24, 2.45) is 0 Å². The van der Waals surface area contributed by atoms with E-state index in [-0.39, 0.29) is 12.5 Å². The highest BCUT2D eigenvalue weighted by molar-refractivity contribution is 6.30. The number of benzene rings is 2. The lowest BCUT2D eigenvalue weighted by Gasteiger charge is -2.07. The molecular weight excluding hydrogens is 326 g/mol. The maximum absolute atomic E-state index is 11.8. The molecule has 0 aliphatic carbocycles. The van der Waals surface area contributed by atoms with Crippen molar-refractivity contribution < 1.29 is 14.3 Å². The highest BCUT2D eigenvalue weighted by Gasteiger charge is 2.06. The molecule has 5 heteroatoms. The molecule has 0 spiro atoms. The first-order valence-corrected chi connectivity index (χ1v) is 7.79. The van der Waals surface area contributed by atoms with Crippen molar-refractivity contribution >= 4 is 35.2 Å². The van der Waals surface area contributed by atoms with Gasteiger partial charge in [-0.15, -0.1) is 0 Å². The molecule has 0 aromatic heterocycles. The number of esters is 1. The SMILES string of the molecule is Cc1cc(C)cc(NC(=O)COC(=O)/C=C/c2cccc(Cl)c2)c1. The largest absolute Gasteiger partial charge is 0.452 e. The second kappa shape index (κ2) is 8.31. The van der Waals surface area contributed by atoms with Crippen LogP contribution in [0.1, 0.15) is 16.7 Å². The molecule has 124 valence electrons. The summed E-state index contributed by atoms with van der Waals surface area (Å²) in [5.41, 5.74) is 3.56. The molecule has 2 aromatic carbocycles. The molecule has 0 radical (unpaired) electrons. The lowest BCUT2D eigenvalue weighted by atomic mass is 10.1. The Balaban J connectivity index is 1.83. The van der Waals surface area contributed by atoms with E-state index in [1.165, 1.54) is 6.08 Å². The average molecular weight is 344 g/mol. The highest BCUT2D eigenvalue weighted by atomic mass is 35.5. The summed E-state index contributed by atoms with van der Waals surface area (Å²) in [6, 6.07) is 12.8. The van der Waals surface area contributed by atoms with Gasteiger partial charge < -0.3 is 10.1 Å². The topological polar surface area (TPSA) is 55.4 Å². The van der Waals surface area contributed by atoms with Gasteiger partial charge in [0, 0.05) is 16.8 Å². The summed E-state index contributed by atoms with van der Waals surface area (Å²) >= 11 is 5.86. The van der Waals surface area contributed by atoms with Gasteiger partial charge in [0.15, 0.2) is 6.61 Å². The summed E-state index contributed by atoms with van der Waals surface area (Å²) in [7, 11) is 0. The Morgan fingerprint density at radius 3 is 2.50 bits per heavy atom. The number of hydrogen-bond donors (Lipinski definition) is 1. The van der Waals surface area contributed by atoms with Gasteiger partial charge in [-0.2, -0.15) is 0 Å². The van der Waals surface area contributed by atoms with Crippen molar-refractivity contribution in [2.45, 2.75) is 13.8 Å². The first kappa shape index (κ1) is 17.8. The van der Waals surface area contributed by atoms with Gasteiger partial charge in [0.2, 0.25) is 0 Å². The third-order valence-corrected chi connectivity index (χ3v) is 3.35.